The molecule has 0 saturated carbocycles. The lowest BCUT2D eigenvalue weighted by atomic mass is 10.1. The maximum absolute atomic E-state index is 11.7. The zero-order valence-electron chi connectivity index (χ0n) is 12.7. The maximum Gasteiger partial charge on any atom is 0.326 e. The molecular formula is C15H30N2O3. The van der Waals surface area contributed by atoms with E-state index in [1.807, 2.05) is 0 Å². The second-order valence-electron chi connectivity index (χ2n) is 5.26. The maximum atomic E-state index is 11.7. The molecule has 0 rings (SSSR count). The van der Waals surface area contributed by atoms with E-state index in [0.717, 1.165) is 19.3 Å². The minimum Gasteiger partial charge on any atom is -0.480 e. The SMILES string of the molecule is CCCCCCCCCC(=O)N[C@H](CCCN)C(=O)O. The predicted octanol–water partition coefficient (Wildman–Crippen LogP) is 2.44. The number of carbonyl (C=O) groups is 2. The normalized spacial score (nSPS) is 12.1. The minimum atomic E-state index is -0.980. The van der Waals surface area contributed by atoms with Crippen LogP contribution in [0.3, 0.4) is 0 Å². The molecule has 0 spiro atoms. The number of carbonyl (C=O) groups excluding carboxylic acids is 1. The van der Waals surface area contributed by atoms with Gasteiger partial charge in [-0.05, 0) is 25.8 Å². The van der Waals surface area contributed by atoms with E-state index >= 15 is 0 Å². The molecule has 0 aromatic heterocycles. The van der Waals surface area contributed by atoms with Crippen molar-refractivity contribution < 1.29 is 14.7 Å². The van der Waals surface area contributed by atoms with Crippen LogP contribution in [0.2, 0.25) is 0 Å². The van der Waals surface area contributed by atoms with Crippen LogP contribution >= 0.6 is 0 Å². The molecule has 0 aliphatic carbocycles. The number of aliphatic carboxylic acids is 1. The van der Waals surface area contributed by atoms with Crippen molar-refractivity contribution in [2.45, 2.75) is 77.2 Å². The van der Waals surface area contributed by atoms with Crippen LogP contribution in [0.1, 0.15) is 71.1 Å². The van der Waals surface area contributed by atoms with Crippen molar-refractivity contribution in [3.05, 3.63) is 0 Å². The Hall–Kier alpha value is -1.10. The van der Waals surface area contributed by atoms with Gasteiger partial charge in [-0.15, -0.1) is 0 Å². The Morgan fingerprint density at radius 2 is 1.65 bits per heavy atom. The molecule has 0 fully saturated rings. The summed E-state index contributed by atoms with van der Waals surface area (Å²) in [5.41, 5.74) is 5.35. The lowest BCUT2D eigenvalue weighted by Crippen LogP contribution is -2.40. The summed E-state index contributed by atoms with van der Waals surface area (Å²) in [6.07, 6.45) is 9.46. The number of hydrogen-bond acceptors (Lipinski definition) is 3. The Bertz CT molecular complexity index is 270. The molecule has 0 aliphatic heterocycles. The highest BCUT2D eigenvalue weighted by atomic mass is 16.4. The topological polar surface area (TPSA) is 92.4 Å². The van der Waals surface area contributed by atoms with E-state index in [2.05, 4.69) is 12.2 Å². The number of nitrogens with two attached hydrogens (primary N) is 1. The molecule has 1 amide bonds. The molecule has 0 aromatic carbocycles. The van der Waals surface area contributed by atoms with E-state index in [1.54, 1.807) is 0 Å². The van der Waals surface area contributed by atoms with E-state index in [4.69, 9.17) is 10.8 Å². The third-order valence-electron chi connectivity index (χ3n) is 3.34. The molecule has 0 saturated heterocycles. The van der Waals surface area contributed by atoms with E-state index in [-0.39, 0.29) is 5.91 Å². The van der Waals surface area contributed by atoms with Crippen molar-refractivity contribution in [3.63, 3.8) is 0 Å². The molecule has 0 radical (unpaired) electrons. The van der Waals surface area contributed by atoms with Crippen molar-refractivity contribution in [1.29, 1.82) is 0 Å². The van der Waals surface area contributed by atoms with E-state index < -0.39 is 12.0 Å². The quantitative estimate of drug-likeness (QED) is 0.453. The Morgan fingerprint density at radius 1 is 1.05 bits per heavy atom. The summed E-state index contributed by atoms with van der Waals surface area (Å²) in [5, 5.41) is 11.6. The summed E-state index contributed by atoms with van der Waals surface area (Å²) < 4.78 is 0. The summed E-state index contributed by atoms with van der Waals surface area (Å²) in [4.78, 5) is 22.6. The van der Waals surface area contributed by atoms with Gasteiger partial charge in [-0.2, -0.15) is 0 Å². The zero-order chi connectivity index (χ0) is 15.2. The fourth-order valence-corrected chi connectivity index (χ4v) is 2.09. The smallest absolute Gasteiger partial charge is 0.326 e. The highest BCUT2D eigenvalue weighted by molar-refractivity contribution is 5.83. The third kappa shape index (κ3) is 10.8. The first-order chi connectivity index (χ1) is 9.61. The van der Waals surface area contributed by atoms with Gasteiger partial charge in [0.05, 0.1) is 0 Å². The molecule has 4 N–H and O–H groups in total. The second kappa shape index (κ2) is 12.9. The molecular weight excluding hydrogens is 256 g/mol. The van der Waals surface area contributed by atoms with Crippen LogP contribution in [0.25, 0.3) is 0 Å². The Morgan fingerprint density at radius 3 is 2.20 bits per heavy atom. The van der Waals surface area contributed by atoms with Gasteiger partial charge in [0.2, 0.25) is 5.91 Å². The van der Waals surface area contributed by atoms with Gasteiger partial charge < -0.3 is 16.2 Å². The first kappa shape index (κ1) is 18.9. The molecule has 1 atom stereocenters. The van der Waals surface area contributed by atoms with Crippen molar-refractivity contribution in [2.24, 2.45) is 5.73 Å². The molecule has 0 aromatic rings. The number of amides is 1. The van der Waals surface area contributed by atoms with E-state index in [9.17, 15) is 9.59 Å². The van der Waals surface area contributed by atoms with Crippen molar-refractivity contribution in [3.8, 4) is 0 Å². The first-order valence-electron chi connectivity index (χ1n) is 7.84. The zero-order valence-corrected chi connectivity index (χ0v) is 12.7. The summed E-state index contributed by atoms with van der Waals surface area (Å²) >= 11 is 0. The first-order valence-corrected chi connectivity index (χ1v) is 7.84. The number of unbranched alkanes of at least 4 members (excludes halogenated alkanes) is 6. The molecule has 0 aliphatic rings. The van der Waals surface area contributed by atoms with Gasteiger partial charge >= 0.3 is 5.97 Å². The second-order valence-corrected chi connectivity index (χ2v) is 5.26. The van der Waals surface area contributed by atoms with Gasteiger partial charge in [0.1, 0.15) is 6.04 Å². The highest BCUT2D eigenvalue weighted by Crippen LogP contribution is 2.08. The molecule has 0 bridgehead atoms. The summed E-state index contributed by atoms with van der Waals surface area (Å²) in [6, 6.07) is -0.796. The number of hydrogen-bond donors (Lipinski definition) is 3. The van der Waals surface area contributed by atoms with Crippen LogP contribution in [-0.4, -0.2) is 29.6 Å². The molecule has 118 valence electrons. The summed E-state index contributed by atoms with van der Waals surface area (Å²) in [6.45, 7) is 2.63. The molecule has 20 heavy (non-hydrogen) atoms. The number of carboxylic acid groups (broad SMARTS) is 1. The van der Waals surface area contributed by atoms with Gasteiger partial charge in [0, 0.05) is 6.42 Å². The minimum absolute atomic E-state index is 0.164. The van der Waals surface area contributed by atoms with E-state index in [0.29, 0.717) is 25.8 Å². The molecule has 0 unspecified atom stereocenters. The summed E-state index contributed by atoms with van der Waals surface area (Å²) in [7, 11) is 0. The average molecular weight is 286 g/mol. The number of carboxylic acids is 1. The van der Waals surface area contributed by atoms with Crippen LogP contribution in [0.4, 0.5) is 0 Å². The van der Waals surface area contributed by atoms with Gasteiger partial charge in [0.25, 0.3) is 0 Å². The van der Waals surface area contributed by atoms with Crippen LogP contribution in [0.15, 0.2) is 0 Å². The fraction of sp³-hybridized carbons (Fsp3) is 0.867. The van der Waals surface area contributed by atoms with Crippen LogP contribution in [0.5, 0.6) is 0 Å². The van der Waals surface area contributed by atoms with Crippen molar-refractivity contribution in [2.75, 3.05) is 6.54 Å². The largest absolute Gasteiger partial charge is 0.480 e. The Labute approximate surface area is 122 Å². The van der Waals surface area contributed by atoms with E-state index in [1.165, 1.54) is 25.7 Å². The summed E-state index contributed by atoms with van der Waals surface area (Å²) in [5.74, 6) is -1.14. The van der Waals surface area contributed by atoms with Crippen LogP contribution < -0.4 is 11.1 Å². The van der Waals surface area contributed by atoms with Crippen molar-refractivity contribution in [1.82, 2.24) is 5.32 Å². The van der Waals surface area contributed by atoms with Crippen molar-refractivity contribution >= 4 is 11.9 Å². The van der Waals surface area contributed by atoms with Gasteiger partial charge in [-0.1, -0.05) is 45.4 Å². The van der Waals surface area contributed by atoms with Gasteiger partial charge in [-0.3, -0.25) is 4.79 Å². The van der Waals surface area contributed by atoms with Crippen LogP contribution in [-0.2, 0) is 9.59 Å². The monoisotopic (exact) mass is 286 g/mol. The Balaban J connectivity index is 3.66. The lowest BCUT2D eigenvalue weighted by molar-refractivity contribution is -0.142. The Kier molecular flexibility index (Phi) is 12.2. The lowest BCUT2D eigenvalue weighted by Gasteiger charge is -2.13. The fourth-order valence-electron chi connectivity index (χ4n) is 2.09. The molecule has 0 heterocycles. The van der Waals surface area contributed by atoms with Gasteiger partial charge in [-0.25, -0.2) is 4.79 Å². The molecule has 5 nitrogen and oxygen atoms in total. The number of rotatable bonds is 13. The highest BCUT2D eigenvalue weighted by Gasteiger charge is 2.18. The molecule has 5 heteroatoms. The third-order valence-corrected chi connectivity index (χ3v) is 3.34. The van der Waals surface area contributed by atoms with Crippen LogP contribution in [0, 0.1) is 0 Å². The standard InChI is InChI=1S/C15H30N2O3/c1-2-3-4-5-6-7-8-11-14(18)17-13(15(19)20)10-9-12-16/h13H,2-12,16H2,1H3,(H,17,18)(H,19,20)/t13-/m1/s1. The van der Waals surface area contributed by atoms with Gasteiger partial charge in [0.15, 0.2) is 0 Å². The number of nitrogens with one attached hydrogen (secondary N) is 1. The predicted molar refractivity (Wildman–Crippen MR) is 80.5 cm³/mol. The average Bonchev–Trinajstić information content (AvgIpc) is 2.42.